The number of rotatable bonds is 7. The van der Waals surface area contributed by atoms with Crippen LogP contribution in [0.2, 0.25) is 10.0 Å². The van der Waals surface area contributed by atoms with Gasteiger partial charge in [0, 0.05) is 47.6 Å². The second-order valence-electron chi connectivity index (χ2n) is 9.78. The number of hydrogen-bond acceptors (Lipinski definition) is 5. The molecule has 1 saturated heterocycles. The van der Waals surface area contributed by atoms with Gasteiger partial charge in [0.15, 0.2) is 0 Å². The highest BCUT2D eigenvalue weighted by Crippen LogP contribution is 2.54. The van der Waals surface area contributed by atoms with Crippen LogP contribution in [0, 0.1) is 17.8 Å². The van der Waals surface area contributed by atoms with Crippen molar-refractivity contribution in [2.24, 2.45) is 17.8 Å². The number of carbonyl (C=O) groups excluding carboxylic acids is 1. The molecular formula is C27H25Cl2N3O3S. The Hall–Kier alpha value is -2.61. The molecule has 3 aromatic rings. The second-order valence-corrected chi connectivity index (χ2v) is 11.7. The predicted molar refractivity (Wildman–Crippen MR) is 144 cm³/mol. The zero-order valence-electron chi connectivity index (χ0n) is 19.6. The lowest BCUT2D eigenvalue weighted by Gasteiger charge is -2.21. The molecule has 2 saturated carbocycles. The fraction of sp³-hybridized carbons (Fsp3) is 0.333. The molecular weight excluding hydrogens is 517 g/mol. The number of carbonyl (C=O) groups is 1. The van der Waals surface area contributed by atoms with Crippen molar-refractivity contribution in [3.8, 4) is 11.3 Å². The van der Waals surface area contributed by atoms with E-state index < -0.39 is 11.0 Å². The maximum absolute atomic E-state index is 12.0. The zero-order valence-corrected chi connectivity index (χ0v) is 21.9. The van der Waals surface area contributed by atoms with E-state index in [1.54, 1.807) is 12.1 Å². The average molecular weight is 542 g/mol. The number of aromatic nitrogens is 1. The summed E-state index contributed by atoms with van der Waals surface area (Å²) >= 11 is 13.0. The van der Waals surface area contributed by atoms with Gasteiger partial charge in [-0.25, -0.2) is 4.21 Å². The normalized spacial score (nSPS) is 23.6. The van der Waals surface area contributed by atoms with Gasteiger partial charge in [0.2, 0.25) is 0 Å². The van der Waals surface area contributed by atoms with E-state index in [2.05, 4.69) is 26.9 Å². The van der Waals surface area contributed by atoms with Crippen LogP contribution in [0.3, 0.4) is 0 Å². The lowest BCUT2D eigenvalue weighted by molar-refractivity contribution is 0.0983. The van der Waals surface area contributed by atoms with Crippen LogP contribution in [0.4, 0.5) is 5.69 Å². The van der Waals surface area contributed by atoms with E-state index in [9.17, 15) is 9.00 Å². The highest BCUT2D eigenvalue weighted by atomic mass is 35.5. The molecule has 1 N–H and O–H groups in total. The van der Waals surface area contributed by atoms with E-state index in [1.807, 2.05) is 30.3 Å². The molecule has 2 heterocycles. The lowest BCUT2D eigenvalue weighted by Crippen LogP contribution is -2.25. The van der Waals surface area contributed by atoms with Crippen LogP contribution < -0.4 is 9.62 Å². The van der Waals surface area contributed by atoms with Crippen molar-refractivity contribution in [3.05, 3.63) is 75.5 Å². The number of allylic oxidation sites excluding steroid dienone is 1. The van der Waals surface area contributed by atoms with Crippen molar-refractivity contribution in [2.45, 2.75) is 18.8 Å². The number of nitrogens with one attached hydrogen (secondary N) is 1. The molecule has 2 aliphatic carbocycles. The standard InChI is InChI=1S/C27H25Cl2N3O3S/c1-36(34)31-27(33)16-7-9-17(10-8-16)32-13-20-18(21(20)14-32)11-12-19-25(30-35-26(19)15-5-6-15)24-22(28)3-2-4-23(24)29/h2-4,7-12,15,18,20-21H,5-6,13-14H2,1H3,(H,31,33)/b12-11+. The summed E-state index contributed by atoms with van der Waals surface area (Å²) in [7, 11) is -1.38. The maximum Gasteiger partial charge on any atom is 0.262 e. The van der Waals surface area contributed by atoms with Crippen molar-refractivity contribution in [1.29, 1.82) is 0 Å². The zero-order chi connectivity index (χ0) is 25.0. The summed E-state index contributed by atoms with van der Waals surface area (Å²) in [6.45, 7) is 1.96. The number of benzene rings is 2. The van der Waals surface area contributed by atoms with Gasteiger partial charge in [-0.1, -0.05) is 46.6 Å². The third-order valence-electron chi connectivity index (χ3n) is 7.38. The van der Waals surface area contributed by atoms with Gasteiger partial charge in [-0.3, -0.25) is 9.52 Å². The first-order valence-electron chi connectivity index (χ1n) is 12.0. The largest absolute Gasteiger partial charge is 0.371 e. The highest BCUT2D eigenvalue weighted by molar-refractivity contribution is 7.82. The smallest absolute Gasteiger partial charge is 0.262 e. The van der Waals surface area contributed by atoms with Gasteiger partial charge in [0.05, 0.1) is 10.0 Å². The second kappa shape index (κ2) is 9.36. The minimum Gasteiger partial charge on any atom is -0.371 e. The summed E-state index contributed by atoms with van der Waals surface area (Å²) in [5, 5.41) is 5.51. The quantitative estimate of drug-likeness (QED) is 0.400. The molecule has 2 aromatic carbocycles. The first kappa shape index (κ1) is 23.8. The molecule has 186 valence electrons. The summed E-state index contributed by atoms with van der Waals surface area (Å²) in [6.07, 6.45) is 8.14. The Labute approximate surface area is 222 Å². The molecule has 36 heavy (non-hydrogen) atoms. The van der Waals surface area contributed by atoms with Crippen LogP contribution in [0.1, 0.15) is 40.4 Å². The van der Waals surface area contributed by atoms with Crippen LogP contribution in [-0.4, -0.2) is 34.6 Å². The fourth-order valence-corrected chi connectivity index (χ4v) is 6.26. The molecule has 0 radical (unpaired) electrons. The van der Waals surface area contributed by atoms with Crippen molar-refractivity contribution in [3.63, 3.8) is 0 Å². The van der Waals surface area contributed by atoms with E-state index in [4.69, 9.17) is 27.7 Å². The van der Waals surface area contributed by atoms with E-state index >= 15 is 0 Å². The molecule has 0 spiro atoms. The van der Waals surface area contributed by atoms with Crippen molar-refractivity contribution < 1.29 is 13.5 Å². The molecule has 3 aliphatic rings. The number of amides is 1. The van der Waals surface area contributed by atoms with Crippen molar-refractivity contribution in [1.82, 2.24) is 9.88 Å². The first-order valence-corrected chi connectivity index (χ1v) is 14.3. The fourth-order valence-electron chi connectivity index (χ4n) is 5.30. The molecule has 6 nitrogen and oxygen atoms in total. The monoisotopic (exact) mass is 541 g/mol. The molecule has 9 heteroatoms. The topological polar surface area (TPSA) is 75.4 Å². The number of anilines is 1. The Bertz CT molecular complexity index is 1350. The minimum absolute atomic E-state index is 0.325. The summed E-state index contributed by atoms with van der Waals surface area (Å²) in [6, 6.07) is 13.0. The number of hydrogen-bond donors (Lipinski definition) is 1. The molecule has 1 amide bonds. The Balaban J connectivity index is 1.15. The third-order valence-corrected chi connectivity index (χ3v) is 8.48. The van der Waals surface area contributed by atoms with Crippen LogP contribution >= 0.6 is 23.2 Å². The van der Waals surface area contributed by atoms with Gasteiger partial charge >= 0.3 is 0 Å². The first-order chi connectivity index (χ1) is 17.4. The van der Waals surface area contributed by atoms with E-state index in [-0.39, 0.29) is 5.91 Å². The Morgan fingerprint density at radius 1 is 1.11 bits per heavy atom. The Morgan fingerprint density at radius 3 is 2.39 bits per heavy atom. The van der Waals surface area contributed by atoms with Gasteiger partial charge in [0.1, 0.15) is 22.4 Å². The summed E-state index contributed by atoms with van der Waals surface area (Å²) in [4.78, 5) is 14.4. The molecule has 3 fully saturated rings. The third kappa shape index (κ3) is 4.49. The highest BCUT2D eigenvalue weighted by Gasteiger charge is 2.54. The molecule has 0 bridgehead atoms. The van der Waals surface area contributed by atoms with Crippen molar-refractivity contribution in [2.75, 3.05) is 24.2 Å². The Morgan fingerprint density at radius 2 is 1.78 bits per heavy atom. The van der Waals surface area contributed by atoms with Crippen LogP contribution in [-0.2, 0) is 11.0 Å². The molecule has 1 aromatic heterocycles. The van der Waals surface area contributed by atoms with Gasteiger partial charge < -0.3 is 9.42 Å². The molecule has 6 rings (SSSR count). The number of piperidine rings is 1. The maximum atomic E-state index is 12.0. The number of halogens is 2. The van der Waals surface area contributed by atoms with Crippen LogP contribution in [0.5, 0.6) is 0 Å². The SMILES string of the molecule is CS(=O)NC(=O)c1ccc(N2CC3C(/C=C/c4c(-c5c(Cl)cccc5Cl)noc4C4CC4)C3C2)cc1. The summed E-state index contributed by atoms with van der Waals surface area (Å²) in [5.41, 5.74) is 4.04. The lowest BCUT2D eigenvalue weighted by atomic mass is 10.0. The van der Waals surface area contributed by atoms with E-state index in [0.29, 0.717) is 45.0 Å². The van der Waals surface area contributed by atoms with Crippen LogP contribution in [0.15, 0.2) is 53.1 Å². The Kier molecular flexibility index (Phi) is 6.18. The summed E-state index contributed by atoms with van der Waals surface area (Å²) in [5.74, 6) is 2.74. The van der Waals surface area contributed by atoms with E-state index in [0.717, 1.165) is 48.5 Å². The van der Waals surface area contributed by atoms with Gasteiger partial charge in [-0.15, -0.1) is 0 Å². The molecule has 3 atom stereocenters. The summed E-state index contributed by atoms with van der Waals surface area (Å²) < 4.78 is 19.4. The predicted octanol–water partition coefficient (Wildman–Crippen LogP) is 5.94. The number of nitrogens with zero attached hydrogens (tertiary/aromatic N) is 2. The van der Waals surface area contributed by atoms with Crippen LogP contribution in [0.25, 0.3) is 17.3 Å². The van der Waals surface area contributed by atoms with Gasteiger partial charge in [0.25, 0.3) is 5.91 Å². The molecule has 1 aliphatic heterocycles. The molecule has 3 unspecified atom stereocenters. The number of fused-ring (bicyclic) bond motifs is 1. The van der Waals surface area contributed by atoms with E-state index in [1.165, 1.54) is 6.26 Å². The van der Waals surface area contributed by atoms with Crippen molar-refractivity contribution >= 4 is 51.9 Å². The average Bonchev–Trinajstić information content (AvgIpc) is 3.71. The minimum atomic E-state index is -1.38. The van der Waals surface area contributed by atoms with Gasteiger partial charge in [-0.05, 0) is 67.0 Å². The van der Waals surface area contributed by atoms with Gasteiger partial charge in [-0.2, -0.15) is 0 Å².